The topological polar surface area (TPSA) is 12.0 Å². The zero-order valence-corrected chi connectivity index (χ0v) is 16.3. The van der Waals surface area contributed by atoms with E-state index in [0.29, 0.717) is 23.6 Å². The average Bonchev–Trinajstić information content (AvgIpc) is 2.52. The molecule has 1 N–H and O–H groups in total. The van der Waals surface area contributed by atoms with Gasteiger partial charge in [0.15, 0.2) is 0 Å². The monoisotopic (exact) mass is 427 g/mol. The predicted molar refractivity (Wildman–Crippen MR) is 102 cm³/mol. The lowest BCUT2D eigenvalue weighted by atomic mass is 9.92. The van der Waals surface area contributed by atoms with Gasteiger partial charge in [-0.3, -0.25) is 0 Å². The van der Waals surface area contributed by atoms with E-state index in [1.165, 1.54) is 30.0 Å². The molecule has 0 amide bonds. The van der Waals surface area contributed by atoms with Gasteiger partial charge in [0.05, 0.1) is 0 Å². The van der Waals surface area contributed by atoms with Crippen molar-refractivity contribution in [3.63, 3.8) is 0 Å². The predicted octanol–water partition coefficient (Wildman–Crippen LogP) is 8.23. The molecule has 2 rings (SSSR count). The molecule has 0 saturated carbocycles. The Hall–Kier alpha value is -1.74. The van der Waals surface area contributed by atoms with Crippen molar-refractivity contribution in [1.29, 1.82) is 0 Å². The van der Waals surface area contributed by atoms with E-state index in [0.717, 1.165) is 11.0 Å². The number of benzene rings is 2. The molecule has 1 nitrogen and oxygen atoms in total. The highest BCUT2D eigenvalue weighted by Gasteiger charge is 2.65. The van der Waals surface area contributed by atoms with E-state index in [1.807, 2.05) is 13.8 Å². The summed E-state index contributed by atoms with van der Waals surface area (Å²) in [7, 11) is -9.74. The largest absolute Gasteiger partial charge is 0.359 e. The number of nitrogens with one attached hydrogen (secondary N) is 1. The minimum atomic E-state index is -9.74. The molecule has 0 aromatic heterocycles. The van der Waals surface area contributed by atoms with Crippen molar-refractivity contribution in [2.24, 2.45) is 5.41 Å². The fourth-order valence-corrected chi connectivity index (χ4v) is 3.75. The second-order valence-electron chi connectivity index (χ2n) is 6.73. The van der Waals surface area contributed by atoms with E-state index in [2.05, 4.69) is 11.9 Å². The summed E-state index contributed by atoms with van der Waals surface area (Å²) in [6.07, 6.45) is 0. The Kier molecular flexibility index (Phi) is 5.12. The number of halogens is 6. The van der Waals surface area contributed by atoms with Crippen LogP contribution in [0, 0.1) is 11.2 Å². The highest BCUT2D eigenvalue weighted by molar-refractivity contribution is 8.45. The maximum Gasteiger partial charge on any atom is 0.310 e. The van der Waals surface area contributed by atoms with Crippen molar-refractivity contribution in [3.05, 3.63) is 66.6 Å². The quantitative estimate of drug-likeness (QED) is 0.353. The second-order valence-corrected chi connectivity index (χ2v) is 10.2. The first-order chi connectivity index (χ1) is 12.1. The molecule has 0 atom stereocenters. The van der Waals surface area contributed by atoms with Gasteiger partial charge in [0, 0.05) is 27.4 Å². The summed E-state index contributed by atoms with van der Waals surface area (Å²) in [5, 5.41) is 2.69. The zero-order valence-electron chi connectivity index (χ0n) is 14.6. The summed E-state index contributed by atoms with van der Waals surface area (Å²) < 4.78 is 77.7. The van der Waals surface area contributed by atoms with Gasteiger partial charge in [-0.1, -0.05) is 45.9 Å². The van der Waals surface area contributed by atoms with Crippen LogP contribution >= 0.6 is 22.0 Å². The molecule has 2 aromatic carbocycles. The molecule has 0 radical (unpaired) electrons. The molecule has 9 heteroatoms. The van der Waals surface area contributed by atoms with Crippen LogP contribution < -0.4 is 5.32 Å². The minimum absolute atomic E-state index is 0.120. The molecule has 27 heavy (non-hydrogen) atoms. The smallest absolute Gasteiger partial charge is 0.310 e. The normalized spacial score (nSPS) is 15.0. The van der Waals surface area contributed by atoms with Crippen LogP contribution in [0.15, 0.2) is 70.6 Å². The molecule has 0 spiro atoms. The summed E-state index contributed by atoms with van der Waals surface area (Å²) in [6, 6.07) is 8.81. The van der Waals surface area contributed by atoms with E-state index in [9.17, 15) is 23.8 Å². The molecule has 0 unspecified atom stereocenters. The number of allylic oxidation sites excluding steroid dienone is 1. The van der Waals surface area contributed by atoms with Gasteiger partial charge in [-0.2, -0.15) is 0 Å². The van der Waals surface area contributed by atoms with Crippen molar-refractivity contribution in [2.45, 2.75) is 23.6 Å². The van der Waals surface area contributed by atoms with Crippen LogP contribution in [0.1, 0.15) is 13.8 Å². The molecule has 2 aromatic rings. The highest BCUT2D eigenvalue weighted by atomic mass is 32.5. The van der Waals surface area contributed by atoms with Crippen molar-refractivity contribution in [3.8, 4) is 0 Å². The van der Waals surface area contributed by atoms with Crippen LogP contribution in [-0.2, 0) is 0 Å². The summed E-state index contributed by atoms with van der Waals surface area (Å²) in [5.41, 5.74) is -0.328. The molecule has 150 valence electrons. The fourth-order valence-electron chi connectivity index (χ4n) is 2.04. The first-order valence-electron chi connectivity index (χ1n) is 7.76. The summed E-state index contributed by atoms with van der Waals surface area (Å²) >= 11 is 1.42. The number of rotatable bonds is 7. The Balaban J connectivity index is 2.10. The molecule has 0 saturated heterocycles. The molecule has 0 fully saturated rings. The summed E-state index contributed by atoms with van der Waals surface area (Å²) in [6.45, 7) is 7.46. The number of thioether (sulfide) groups is 1. The van der Waals surface area contributed by atoms with Crippen LogP contribution in [-0.4, -0.2) is 5.75 Å². The van der Waals surface area contributed by atoms with Crippen LogP contribution in [0.3, 0.4) is 0 Å². The standard InChI is InChI=1S/C18H19F6NS2/c1-13(18(2,3)12-26-16-9-7-14(19)8-10-16)25-15-5-4-6-17(11-15)27(20,21,22,23)24/h4-11,25H,1,12H2,2-3H3. The van der Waals surface area contributed by atoms with Crippen LogP contribution in [0.5, 0.6) is 0 Å². The van der Waals surface area contributed by atoms with Crippen molar-refractivity contribution in [1.82, 2.24) is 0 Å². The first kappa shape index (κ1) is 21.6. The molecule has 0 aliphatic carbocycles. The van der Waals surface area contributed by atoms with Crippen molar-refractivity contribution < 1.29 is 23.8 Å². The molecular formula is C18H19F6NS2. The van der Waals surface area contributed by atoms with Gasteiger partial charge in [-0.05, 0) is 42.5 Å². The van der Waals surface area contributed by atoms with Gasteiger partial charge in [0.25, 0.3) is 0 Å². The molecule has 0 aliphatic rings. The van der Waals surface area contributed by atoms with E-state index in [1.54, 1.807) is 12.1 Å². The molecule has 0 aliphatic heterocycles. The maximum absolute atomic E-state index is 13.0. The molecular weight excluding hydrogens is 408 g/mol. The first-order valence-corrected chi connectivity index (χ1v) is 10.7. The Labute approximate surface area is 158 Å². The van der Waals surface area contributed by atoms with Gasteiger partial charge < -0.3 is 5.32 Å². The third kappa shape index (κ3) is 6.14. The van der Waals surface area contributed by atoms with Gasteiger partial charge in [-0.25, -0.2) is 4.39 Å². The molecule has 0 bridgehead atoms. The summed E-state index contributed by atoms with van der Waals surface area (Å²) in [5.74, 6) is 0.139. The van der Waals surface area contributed by atoms with E-state index >= 15 is 0 Å². The maximum atomic E-state index is 13.0. The van der Waals surface area contributed by atoms with E-state index in [4.69, 9.17) is 0 Å². The van der Waals surface area contributed by atoms with Gasteiger partial charge in [0.1, 0.15) is 10.7 Å². The minimum Gasteiger partial charge on any atom is -0.359 e. The van der Waals surface area contributed by atoms with Gasteiger partial charge in [0.2, 0.25) is 0 Å². The van der Waals surface area contributed by atoms with Gasteiger partial charge in [-0.15, -0.1) is 11.8 Å². The Morgan fingerprint density at radius 1 is 1.04 bits per heavy atom. The third-order valence-electron chi connectivity index (χ3n) is 3.80. The van der Waals surface area contributed by atoms with Crippen molar-refractivity contribution in [2.75, 3.05) is 11.1 Å². The number of hydrogen-bond acceptors (Lipinski definition) is 2. The van der Waals surface area contributed by atoms with Crippen LogP contribution in [0.25, 0.3) is 0 Å². The van der Waals surface area contributed by atoms with E-state index < -0.39 is 20.5 Å². The van der Waals surface area contributed by atoms with Crippen molar-refractivity contribution >= 4 is 27.7 Å². The Morgan fingerprint density at radius 2 is 1.63 bits per heavy atom. The average molecular weight is 427 g/mol. The molecule has 0 heterocycles. The number of anilines is 1. The van der Waals surface area contributed by atoms with Crippen LogP contribution in [0.4, 0.5) is 29.5 Å². The lowest BCUT2D eigenvalue weighted by molar-refractivity contribution is 0.364. The lowest BCUT2D eigenvalue weighted by Crippen LogP contribution is -2.22. The van der Waals surface area contributed by atoms with Crippen LogP contribution in [0.2, 0.25) is 0 Å². The summed E-state index contributed by atoms with van der Waals surface area (Å²) in [4.78, 5) is -1.13. The van der Waals surface area contributed by atoms with Gasteiger partial charge >= 0.3 is 10.2 Å². The van der Waals surface area contributed by atoms with E-state index in [-0.39, 0.29) is 11.5 Å². The Morgan fingerprint density at radius 3 is 2.19 bits per heavy atom. The zero-order chi connectivity index (χ0) is 20.6. The lowest BCUT2D eigenvalue weighted by Gasteiger charge is -2.40. The fraction of sp³-hybridized carbons (Fsp3) is 0.222. The highest BCUT2D eigenvalue weighted by Crippen LogP contribution is 3.02. The Bertz CT molecular complexity index is 845. The number of hydrogen-bond donors (Lipinski definition) is 1. The second kappa shape index (κ2) is 6.41. The third-order valence-corrected chi connectivity index (χ3v) is 6.42. The SMILES string of the molecule is C=C(Nc1cccc(S(F)(F)(F)(F)F)c1)C(C)(C)CSc1ccc(F)cc1.